The van der Waals surface area contributed by atoms with Crippen LogP contribution in [0.1, 0.15) is 34.2 Å². The summed E-state index contributed by atoms with van der Waals surface area (Å²) in [6.45, 7) is 7.02. The third-order valence-corrected chi connectivity index (χ3v) is 5.03. The molecule has 0 radical (unpaired) electrons. The van der Waals surface area contributed by atoms with Crippen molar-refractivity contribution in [3.05, 3.63) is 44.5 Å². The first kappa shape index (κ1) is 14.6. The quantitative estimate of drug-likeness (QED) is 0.769. The molecule has 0 aliphatic carbocycles. The van der Waals surface area contributed by atoms with Gasteiger partial charge in [-0.3, -0.25) is 4.40 Å². The van der Waals surface area contributed by atoms with E-state index in [0.29, 0.717) is 0 Å². The second-order valence-corrected chi connectivity index (χ2v) is 7.02. The Labute approximate surface area is 135 Å². The van der Waals surface area contributed by atoms with E-state index in [1.165, 1.54) is 4.88 Å². The number of halogens is 1. The molecule has 110 valence electrons. The van der Waals surface area contributed by atoms with Crippen LogP contribution in [-0.4, -0.2) is 19.4 Å². The van der Waals surface area contributed by atoms with Gasteiger partial charge in [-0.2, -0.15) is 0 Å². The van der Waals surface area contributed by atoms with Crippen LogP contribution in [0.3, 0.4) is 0 Å². The summed E-state index contributed by atoms with van der Waals surface area (Å²) in [4.78, 5) is 14.3. The first-order valence-electron chi connectivity index (χ1n) is 6.69. The van der Waals surface area contributed by atoms with Crippen LogP contribution >= 0.6 is 27.3 Å². The van der Waals surface area contributed by atoms with Crippen LogP contribution < -0.4 is 5.32 Å². The average molecular weight is 366 g/mol. The predicted octanol–water partition coefficient (Wildman–Crippen LogP) is 3.42. The van der Waals surface area contributed by atoms with Gasteiger partial charge < -0.3 is 5.32 Å². The number of nitrogens with one attached hydrogen (secondary N) is 1. The van der Waals surface area contributed by atoms with Crippen molar-refractivity contribution >= 4 is 32.9 Å². The molecule has 0 aliphatic heterocycles. The molecule has 0 saturated carbocycles. The van der Waals surface area contributed by atoms with Gasteiger partial charge >= 0.3 is 0 Å². The van der Waals surface area contributed by atoms with Gasteiger partial charge in [0, 0.05) is 23.7 Å². The summed E-state index contributed by atoms with van der Waals surface area (Å²) in [6.07, 6.45) is 5.58. The number of fused-ring (bicyclic) bond motifs is 1. The highest BCUT2D eigenvalue weighted by Crippen LogP contribution is 2.24. The standard InChI is InChI=1S/C14H16BrN5S/c1-8(14-9(2)19-10(3)21-14)16-4-11-5-18-13-6-17-12(15)7-20(11)13/h5-8,16H,4H2,1-3H3. The van der Waals surface area contributed by atoms with E-state index in [1.54, 1.807) is 17.5 Å². The Bertz CT molecular complexity index is 779. The second kappa shape index (κ2) is 5.82. The summed E-state index contributed by atoms with van der Waals surface area (Å²) in [7, 11) is 0. The van der Waals surface area contributed by atoms with Crippen LogP contribution in [0, 0.1) is 13.8 Å². The first-order valence-corrected chi connectivity index (χ1v) is 8.30. The number of hydrogen-bond acceptors (Lipinski definition) is 5. The molecule has 3 heterocycles. The minimum Gasteiger partial charge on any atom is -0.304 e. The van der Waals surface area contributed by atoms with Gasteiger partial charge in [-0.15, -0.1) is 11.3 Å². The van der Waals surface area contributed by atoms with Crippen molar-refractivity contribution in [3.8, 4) is 0 Å². The van der Waals surface area contributed by atoms with Crippen LogP contribution in [0.15, 0.2) is 23.2 Å². The van der Waals surface area contributed by atoms with Crippen molar-refractivity contribution in [2.24, 2.45) is 0 Å². The van der Waals surface area contributed by atoms with Gasteiger partial charge in [0.2, 0.25) is 0 Å². The Morgan fingerprint density at radius 1 is 1.33 bits per heavy atom. The summed E-state index contributed by atoms with van der Waals surface area (Å²) in [5.74, 6) is 0. The third kappa shape index (κ3) is 3.00. The number of aryl methyl sites for hydroxylation is 2. The van der Waals surface area contributed by atoms with Gasteiger partial charge in [0.25, 0.3) is 0 Å². The smallest absolute Gasteiger partial charge is 0.155 e. The van der Waals surface area contributed by atoms with Gasteiger partial charge in [-0.25, -0.2) is 15.0 Å². The molecule has 3 rings (SSSR count). The topological polar surface area (TPSA) is 55.1 Å². The maximum absolute atomic E-state index is 4.49. The highest BCUT2D eigenvalue weighted by molar-refractivity contribution is 9.10. The van der Waals surface area contributed by atoms with Crippen LogP contribution in [0.2, 0.25) is 0 Å². The zero-order chi connectivity index (χ0) is 15.0. The van der Waals surface area contributed by atoms with Crippen molar-refractivity contribution in [3.63, 3.8) is 0 Å². The van der Waals surface area contributed by atoms with E-state index in [-0.39, 0.29) is 6.04 Å². The molecule has 0 amide bonds. The van der Waals surface area contributed by atoms with Gasteiger partial charge in [-0.05, 0) is 36.7 Å². The summed E-state index contributed by atoms with van der Waals surface area (Å²) < 4.78 is 2.85. The lowest BCUT2D eigenvalue weighted by atomic mass is 10.2. The number of imidazole rings is 1. The van der Waals surface area contributed by atoms with Crippen molar-refractivity contribution in [2.75, 3.05) is 0 Å². The third-order valence-electron chi connectivity index (χ3n) is 3.36. The van der Waals surface area contributed by atoms with Crippen molar-refractivity contribution in [2.45, 2.75) is 33.4 Å². The Balaban J connectivity index is 1.77. The van der Waals surface area contributed by atoms with E-state index in [4.69, 9.17) is 0 Å². The highest BCUT2D eigenvalue weighted by Gasteiger charge is 2.13. The molecule has 1 N–H and O–H groups in total. The Morgan fingerprint density at radius 2 is 2.14 bits per heavy atom. The van der Waals surface area contributed by atoms with E-state index in [2.05, 4.69) is 50.0 Å². The SMILES string of the molecule is Cc1nc(C)c(C(C)NCc2cnc3cnc(Br)cn23)s1. The Morgan fingerprint density at radius 3 is 2.86 bits per heavy atom. The molecular weight excluding hydrogens is 350 g/mol. The second-order valence-electron chi connectivity index (χ2n) is 4.97. The number of aromatic nitrogens is 4. The molecule has 21 heavy (non-hydrogen) atoms. The maximum Gasteiger partial charge on any atom is 0.155 e. The molecule has 0 spiro atoms. The minimum absolute atomic E-state index is 0.270. The van der Waals surface area contributed by atoms with Crippen LogP contribution in [0.5, 0.6) is 0 Å². The Kier molecular flexibility index (Phi) is 4.05. The summed E-state index contributed by atoms with van der Waals surface area (Å²) in [6, 6.07) is 0.270. The van der Waals surface area contributed by atoms with Gasteiger partial charge in [0.05, 0.1) is 28.8 Å². The lowest BCUT2D eigenvalue weighted by molar-refractivity contribution is 0.570. The lowest BCUT2D eigenvalue weighted by Gasteiger charge is -2.12. The number of nitrogens with zero attached hydrogens (tertiary/aromatic N) is 4. The van der Waals surface area contributed by atoms with E-state index < -0.39 is 0 Å². The molecule has 0 saturated heterocycles. The normalized spacial score (nSPS) is 13.0. The summed E-state index contributed by atoms with van der Waals surface area (Å²) in [5, 5.41) is 4.65. The number of thiazole rings is 1. The molecule has 7 heteroatoms. The highest BCUT2D eigenvalue weighted by atomic mass is 79.9. The van der Waals surface area contributed by atoms with Crippen LogP contribution in [-0.2, 0) is 6.54 Å². The lowest BCUT2D eigenvalue weighted by Crippen LogP contribution is -2.18. The molecule has 0 bridgehead atoms. The molecule has 0 aliphatic rings. The van der Waals surface area contributed by atoms with E-state index in [0.717, 1.165) is 33.2 Å². The number of hydrogen-bond donors (Lipinski definition) is 1. The van der Waals surface area contributed by atoms with Crippen LogP contribution in [0.25, 0.3) is 5.65 Å². The first-order chi connectivity index (χ1) is 10.0. The van der Waals surface area contributed by atoms with E-state index >= 15 is 0 Å². The largest absolute Gasteiger partial charge is 0.304 e. The molecule has 1 unspecified atom stereocenters. The van der Waals surface area contributed by atoms with Gasteiger partial charge in [-0.1, -0.05) is 0 Å². The molecule has 1 atom stereocenters. The van der Waals surface area contributed by atoms with Crippen molar-refractivity contribution < 1.29 is 0 Å². The fourth-order valence-electron chi connectivity index (χ4n) is 2.35. The Hall–Kier alpha value is -1.31. The fraction of sp³-hybridized carbons (Fsp3) is 0.357. The molecule has 0 aromatic carbocycles. The van der Waals surface area contributed by atoms with E-state index in [1.807, 2.05) is 23.7 Å². The zero-order valence-electron chi connectivity index (χ0n) is 12.1. The van der Waals surface area contributed by atoms with Crippen molar-refractivity contribution in [1.29, 1.82) is 0 Å². The number of rotatable bonds is 4. The molecular formula is C14H16BrN5S. The fourth-order valence-corrected chi connectivity index (χ4v) is 3.61. The van der Waals surface area contributed by atoms with Crippen LogP contribution in [0.4, 0.5) is 0 Å². The monoisotopic (exact) mass is 365 g/mol. The minimum atomic E-state index is 0.270. The van der Waals surface area contributed by atoms with Gasteiger partial charge in [0.15, 0.2) is 5.65 Å². The van der Waals surface area contributed by atoms with Crippen molar-refractivity contribution in [1.82, 2.24) is 24.7 Å². The average Bonchev–Trinajstić information content (AvgIpc) is 2.99. The molecule has 5 nitrogen and oxygen atoms in total. The predicted molar refractivity (Wildman–Crippen MR) is 87.5 cm³/mol. The zero-order valence-corrected chi connectivity index (χ0v) is 14.5. The van der Waals surface area contributed by atoms with E-state index in [9.17, 15) is 0 Å². The maximum atomic E-state index is 4.49. The van der Waals surface area contributed by atoms with Gasteiger partial charge in [0.1, 0.15) is 4.60 Å². The summed E-state index contributed by atoms with van der Waals surface area (Å²) >= 11 is 5.15. The summed E-state index contributed by atoms with van der Waals surface area (Å²) in [5.41, 5.74) is 3.08. The molecule has 3 aromatic heterocycles. The molecule has 3 aromatic rings. The molecule has 0 fully saturated rings.